The second-order valence-corrected chi connectivity index (χ2v) is 8.08. The molecule has 2 aromatic carbocycles. The number of anilines is 1. The van der Waals surface area contributed by atoms with E-state index in [1.165, 1.54) is 6.07 Å². The number of fused-ring (bicyclic) bond motifs is 1. The summed E-state index contributed by atoms with van der Waals surface area (Å²) < 4.78 is 33.4. The lowest BCUT2D eigenvalue weighted by Crippen LogP contribution is -2.08. The molecule has 1 unspecified atom stereocenters. The van der Waals surface area contributed by atoms with E-state index in [2.05, 4.69) is 5.32 Å². The highest BCUT2D eigenvalue weighted by atomic mass is 32.2. The summed E-state index contributed by atoms with van der Waals surface area (Å²) in [4.78, 5) is 0.885. The third-order valence-corrected chi connectivity index (χ3v) is 6.37. The highest BCUT2D eigenvalue weighted by Gasteiger charge is 2.29. The van der Waals surface area contributed by atoms with E-state index in [9.17, 15) is 8.42 Å². The van der Waals surface area contributed by atoms with Gasteiger partial charge in [0.2, 0.25) is 9.84 Å². The van der Waals surface area contributed by atoms with Crippen molar-refractivity contribution >= 4 is 31.4 Å². The second kappa shape index (κ2) is 4.78. The largest absolute Gasteiger partial charge is 0.332 e. The third-order valence-electron chi connectivity index (χ3n) is 3.27. The van der Waals surface area contributed by atoms with E-state index < -0.39 is 20.5 Å². The molecule has 0 spiro atoms. The standard InChI is InChI=1S/C14H13N3O2S2/c1-9-5-7-10(8-6-9)21(18,19)12-4-2-3-11-13(12)17-14(15)20(11)16/h2-8,16H,1H3,(H2,15,17). The average Bonchev–Trinajstić information content (AvgIpc) is 2.75. The first-order valence-electron chi connectivity index (χ1n) is 6.17. The molecule has 1 heterocycles. The molecular weight excluding hydrogens is 306 g/mol. The van der Waals surface area contributed by atoms with Crippen molar-refractivity contribution in [3.8, 4) is 0 Å². The molecule has 3 rings (SSSR count). The fourth-order valence-electron chi connectivity index (χ4n) is 2.15. The molecule has 1 aliphatic heterocycles. The van der Waals surface area contributed by atoms with Gasteiger partial charge >= 0.3 is 0 Å². The molecule has 7 heteroatoms. The molecule has 1 atom stereocenters. The van der Waals surface area contributed by atoms with Gasteiger partial charge in [0.05, 0.1) is 20.4 Å². The van der Waals surface area contributed by atoms with E-state index in [4.69, 9.17) is 10.2 Å². The number of rotatable bonds is 2. The Bertz CT molecular complexity index is 872. The van der Waals surface area contributed by atoms with Crippen LogP contribution in [0.25, 0.3) is 0 Å². The van der Waals surface area contributed by atoms with Gasteiger partial charge in [0.15, 0.2) is 5.17 Å². The molecule has 108 valence electrons. The van der Waals surface area contributed by atoms with Crippen molar-refractivity contribution < 1.29 is 8.42 Å². The molecule has 2 aromatic rings. The molecule has 1 aliphatic rings. The Labute approximate surface area is 125 Å². The predicted molar refractivity (Wildman–Crippen MR) is 82.8 cm³/mol. The Balaban J connectivity index is 2.20. The van der Waals surface area contributed by atoms with Crippen molar-refractivity contribution in [2.75, 3.05) is 5.32 Å². The summed E-state index contributed by atoms with van der Waals surface area (Å²) in [6, 6.07) is 11.5. The van der Waals surface area contributed by atoms with Crippen LogP contribution in [0, 0.1) is 17.1 Å². The minimum atomic E-state index is -3.67. The van der Waals surface area contributed by atoms with Crippen LogP contribution in [0.4, 0.5) is 5.69 Å². The molecule has 0 aliphatic carbocycles. The Morgan fingerprint density at radius 1 is 1.10 bits per heavy atom. The number of amidine groups is 1. The van der Waals surface area contributed by atoms with Crippen LogP contribution in [-0.2, 0) is 20.5 Å². The van der Waals surface area contributed by atoms with Gasteiger partial charge in [0.1, 0.15) is 0 Å². The molecule has 0 bridgehead atoms. The molecule has 3 N–H and O–H groups in total. The van der Waals surface area contributed by atoms with Gasteiger partial charge in [0, 0.05) is 0 Å². The normalized spacial score (nSPS) is 17.4. The third kappa shape index (κ3) is 2.18. The van der Waals surface area contributed by atoms with Gasteiger partial charge in [-0.25, -0.2) is 8.42 Å². The maximum Gasteiger partial charge on any atom is 0.208 e. The second-order valence-electron chi connectivity index (χ2n) is 4.71. The van der Waals surface area contributed by atoms with Gasteiger partial charge in [-0.1, -0.05) is 23.8 Å². The minimum Gasteiger partial charge on any atom is -0.332 e. The Morgan fingerprint density at radius 3 is 2.43 bits per heavy atom. The van der Waals surface area contributed by atoms with Crippen LogP contribution in [0.5, 0.6) is 0 Å². The molecule has 0 saturated heterocycles. The zero-order valence-corrected chi connectivity index (χ0v) is 12.8. The van der Waals surface area contributed by atoms with Gasteiger partial charge in [-0.2, -0.15) is 0 Å². The van der Waals surface area contributed by atoms with E-state index in [0.717, 1.165) is 5.56 Å². The van der Waals surface area contributed by atoms with Crippen molar-refractivity contribution in [2.45, 2.75) is 21.6 Å². The summed E-state index contributed by atoms with van der Waals surface area (Å²) in [5, 5.41) is 10.4. The van der Waals surface area contributed by atoms with Crippen molar-refractivity contribution in [1.82, 2.24) is 0 Å². The number of aryl methyl sites for hydroxylation is 1. The van der Waals surface area contributed by atoms with Crippen LogP contribution in [0.15, 0.2) is 57.2 Å². The van der Waals surface area contributed by atoms with Crippen molar-refractivity contribution in [1.29, 1.82) is 10.2 Å². The lowest BCUT2D eigenvalue weighted by atomic mass is 10.2. The van der Waals surface area contributed by atoms with Crippen LogP contribution < -0.4 is 5.32 Å². The first-order chi connectivity index (χ1) is 9.91. The topological polar surface area (TPSA) is 93.9 Å². The first kappa shape index (κ1) is 14.0. The van der Waals surface area contributed by atoms with E-state index in [0.29, 0.717) is 10.6 Å². The van der Waals surface area contributed by atoms with E-state index in [1.54, 1.807) is 36.4 Å². The Kier molecular flexibility index (Phi) is 3.18. The quantitative estimate of drug-likeness (QED) is 0.794. The first-order valence-corrected chi connectivity index (χ1v) is 8.88. The molecule has 0 fully saturated rings. The molecule has 0 saturated carbocycles. The van der Waals surface area contributed by atoms with Gasteiger partial charge < -0.3 is 5.32 Å². The summed E-state index contributed by atoms with van der Waals surface area (Å²) in [6.07, 6.45) is 0. The van der Waals surface area contributed by atoms with Crippen LogP contribution in [0.1, 0.15) is 5.56 Å². The van der Waals surface area contributed by atoms with Gasteiger partial charge in [-0.05, 0) is 41.9 Å². The zero-order chi connectivity index (χ0) is 15.2. The van der Waals surface area contributed by atoms with Gasteiger partial charge in [-0.3, -0.25) is 10.2 Å². The summed E-state index contributed by atoms with van der Waals surface area (Å²) in [5.41, 5.74) is 1.35. The van der Waals surface area contributed by atoms with Crippen molar-refractivity contribution in [3.05, 3.63) is 48.0 Å². The zero-order valence-electron chi connectivity index (χ0n) is 11.2. The molecule has 0 amide bonds. The monoisotopic (exact) mass is 319 g/mol. The van der Waals surface area contributed by atoms with Crippen LogP contribution in [-0.4, -0.2) is 13.6 Å². The fourth-order valence-corrected chi connectivity index (χ4v) is 4.65. The number of benzene rings is 2. The fraction of sp³-hybridized carbons (Fsp3) is 0.0714. The summed E-state index contributed by atoms with van der Waals surface area (Å²) >= 11 is 0. The van der Waals surface area contributed by atoms with Crippen LogP contribution in [0.3, 0.4) is 0 Å². The van der Waals surface area contributed by atoms with Crippen molar-refractivity contribution in [2.24, 2.45) is 0 Å². The highest BCUT2D eigenvalue weighted by molar-refractivity contribution is 8.02. The molecule has 0 aromatic heterocycles. The number of hydrogen-bond acceptors (Lipinski definition) is 4. The maximum atomic E-state index is 12.7. The van der Waals surface area contributed by atoms with Gasteiger partial charge in [-0.15, -0.1) is 0 Å². The summed E-state index contributed by atoms with van der Waals surface area (Å²) in [5.74, 6) is 0. The SMILES string of the molecule is Cc1ccc(S(=O)(=O)c2cccc3c2NC(=N)S3=N)cc1. The average molecular weight is 319 g/mol. The lowest BCUT2D eigenvalue weighted by Gasteiger charge is -2.09. The van der Waals surface area contributed by atoms with Crippen LogP contribution in [0.2, 0.25) is 0 Å². The molecular formula is C14H13N3O2S2. The lowest BCUT2D eigenvalue weighted by molar-refractivity contribution is 0.596. The summed E-state index contributed by atoms with van der Waals surface area (Å²) in [7, 11) is -4.81. The number of sulfone groups is 1. The maximum absolute atomic E-state index is 12.7. The van der Waals surface area contributed by atoms with E-state index in [-0.39, 0.29) is 15.0 Å². The predicted octanol–water partition coefficient (Wildman–Crippen LogP) is 2.93. The molecule has 21 heavy (non-hydrogen) atoms. The molecule has 0 radical (unpaired) electrons. The summed E-state index contributed by atoms with van der Waals surface area (Å²) in [6.45, 7) is 1.89. The van der Waals surface area contributed by atoms with E-state index in [1.807, 2.05) is 6.92 Å². The van der Waals surface area contributed by atoms with E-state index >= 15 is 0 Å². The molecule has 5 nitrogen and oxygen atoms in total. The van der Waals surface area contributed by atoms with Crippen molar-refractivity contribution in [3.63, 3.8) is 0 Å². The minimum absolute atomic E-state index is 0.0246. The number of nitrogens with one attached hydrogen (secondary N) is 3. The smallest absolute Gasteiger partial charge is 0.208 e. The Morgan fingerprint density at radius 2 is 1.76 bits per heavy atom. The Hall–Kier alpha value is -1.99. The number of para-hydroxylation sites is 1. The van der Waals surface area contributed by atoms with Crippen LogP contribution >= 0.6 is 0 Å². The van der Waals surface area contributed by atoms with Gasteiger partial charge in [0.25, 0.3) is 0 Å². The highest BCUT2D eigenvalue weighted by Crippen LogP contribution is 2.36. The number of hydrogen-bond donors (Lipinski definition) is 3.